The highest BCUT2D eigenvalue weighted by Crippen LogP contribution is 2.23. The monoisotopic (exact) mass is 244 g/mol. The third-order valence-corrected chi connectivity index (χ3v) is 4.58. The van der Waals surface area contributed by atoms with E-state index < -0.39 is 10.0 Å². The first-order chi connectivity index (χ1) is 7.55. The van der Waals surface area contributed by atoms with Gasteiger partial charge in [0.2, 0.25) is 5.03 Å². The Balaban J connectivity index is 2.38. The van der Waals surface area contributed by atoms with Crippen LogP contribution in [0.2, 0.25) is 0 Å². The smallest absolute Gasteiger partial charge is 0.264 e. The Kier molecular flexibility index (Phi) is 2.90. The molecule has 0 aliphatic carbocycles. The second kappa shape index (κ2) is 4.06. The van der Waals surface area contributed by atoms with Gasteiger partial charge in [-0.2, -0.15) is 9.40 Å². The fraction of sp³-hybridized carbons (Fsp3) is 0.667. The summed E-state index contributed by atoms with van der Waals surface area (Å²) in [6.07, 6.45) is 3.38. The zero-order chi connectivity index (χ0) is 11.8. The summed E-state index contributed by atoms with van der Waals surface area (Å²) in [6, 6.07) is 0. The van der Waals surface area contributed by atoms with E-state index in [-0.39, 0.29) is 10.7 Å². The molecule has 1 aliphatic heterocycles. The lowest BCUT2D eigenvalue weighted by atomic mass is 10.4. The van der Waals surface area contributed by atoms with Crippen LogP contribution in [-0.4, -0.2) is 35.6 Å². The van der Waals surface area contributed by atoms with E-state index in [4.69, 9.17) is 5.73 Å². The summed E-state index contributed by atoms with van der Waals surface area (Å²) in [5, 5.41) is 4.00. The van der Waals surface area contributed by atoms with Gasteiger partial charge in [0.05, 0.1) is 5.69 Å². The zero-order valence-electron chi connectivity index (χ0n) is 9.26. The Hall–Kier alpha value is -1.08. The standard InChI is InChI=1S/C9H16N4O2S/c1-2-12-7-8(10)9(11-12)16(14,15)13-5-3-4-6-13/h7H,2-6,10H2,1H3. The molecule has 1 aromatic rings. The fourth-order valence-electron chi connectivity index (χ4n) is 1.83. The van der Waals surface area contributed by atoms with Crippen LogP contribution in [0, 0.1) is 0 Å². The van der Waals surface area contributed by atoms with Crippen molar-refractivity contribution in [3.05, 3.63) is 6.20 Å². The minimum absolute atomic E-state index is 0.00347. The van der Waals surface area contributed by atoms with Crippen molar-refractivity contribution in [3.63, 3.8) is 0 Å². The van der Waals surface area contributed by atoms with Crippen molar-refractivity contribution in [2.24, 2.45) is 0 Å². The van der Waals surface area contributed by atoms with Crippen LogP contribution in [0.25, 0.3) is 0 Å². The first-order valence-corrected chi connectivity index (χ1v) is 6.83. The van der Waals surface area contributed by atoms with E-state index >= 15 is 0 Å². The van der Waals surface area contributed by atoms with Gasteiger partial charge < -0.3 is 5.73 Å². The largest absolute Gasteiger partial charge is 0.395 e. The second-order valence-electron chi connectivity index (χ2n) is 3.86. The van der Waals surface area contributed by atoms with Crippen molar-refractivity contribution in [2.45, 2.75) is 31.3 Å². The number of hydrogen-bond donors (Lipinski definition) is 1. The number of nitrogens with zero attached hydrogens (tertiary/aromatic N) is 3. The summed E-state index contributed by atoms with van der Waals surface area (Å²) in [5.41, 5.74) is 5.91. The van der Waals surface area contributed by atoms with Gasteiger partial charge in [0.1, 0.15) is 0 Å². The van der Waals surface area contributed by atoms with E-state index in [2.05, 4.69) is 5.10 Å². The van der Waals surface area contributed by atoms with Crippen molar-refractivity contribution < 1.29 is 8.42 Å². The van der Waals surface area contributed by atoms with E-state index in [0.717, 1.165) is 12.8 Å². The average molecular weight is 244 g/mol. The van der Waals surface area contributed by atoms with Crippen molar-refractivity contribution in [2.75, 3.05) is 18.8 Å². The fourth-order valence-corrected chi connectivity index (χ4v) is 3.37. The van der Waals surface area contributed by atoms with Gasteiger partial charge in [-0.25, -0.2) is 8.42 Å². The van der Waals surface area contributed by atoms with Gasteiger partial charge in [-0.3, -0.25) is 4.68 Å². The summed E-state index contributed by atoms with van der Waals surface area (Å²) < 4.78 is 27.3. The molecule has 2 heterocycles. The number of anilines is 1. The molecule has 1 aliphatic rings. The highest BCUT2D eigenvalue weighted by Gasteiger charge is 2.31. The molecule has 7 heteroatoms. The molecule has 0 bridgehead atoms. The second-order valence-corrected chi connectivity index (χ2v) is 5.71. The molecule has 2 N–H and O–H groups in total. The highest BCUT2D eigenvalue weighted by atomic mass is 32.2. The molecule has 1 aromatic heterocycles. The predicted octanol–water partition coefficient (Wildman–Crippen LogP) is 0.270. The van der Waals surface area contributed by atoms with Gasteiger partial charge in [0.25, 0.3) is 10.0 Å². The lowest BCUT2D eigenvalue weighted by molar-refractivity contribution is 0.472. The highest BCUT2D eigenvalue weighted by molar-refractivity contribution is 7.89. The van der Waals surface area contributed by atoms with Crippen LogP contribution in [0.4, 0.5) is 5.69 Å². The van der Waals surface area contributed by atoms with Gasteiger partial charge in [0, 0.05) is 25.8 Å². The van der Waals surface area contributed by atoms with Gasteiger partial charge in [-0.15, -0.1) is 0 Å². The predicted molar refractivity (Wildman–Crippen MR) is 60.3 cm³/mol. The van der Waals surface area contributed by atoms with Gasteiger partial charge in [-0.05, 0) is 19.8 Å². The molecule has 2 rings (SSSR count). The van der Waals surface area contributed by atoms with E-state index in [0.29, 0.717) is 19.6 Å². The number of nitrogen functional groups attached to an aromatic ring is 1. The number of nitrogens with two attached hydrogens (primary N) is 1. The Morgan fingerprint density at radius 2 is 2.06 bits per heavy atom. The van der Waals surface area contributed by atoms with Crippen LogP contribution in [0.15, 0.2) is 11.2 Å². The topological polar surface area (TPSA) is 81.2 Å². The van der Waals surface area contributed by atoms with Crippen LogP contribution < -0.4 is 5.73 Å². The first-order valence-electron chi connectivity index (χ1n) is 5.38. The SMILES string of the molecule is CCn1cc(N)c(S(=O)(=O)N2CCCC2)n1. The van der Waals surface area contributed by atoms with E-state index in [1.807, 2.05) is 6.92 Å². The Labute approximate surface area is 95.1 Å². The molecule has 6 nitrogen and oxygen atoms in total. The van der Waals surface area contributed by atoms with Crippen molar-refractivity contribution in [1.82, 2.24) is 14.1 Å². The molecule has 0 amide bonds. The van der Waals surface area contributed by atoms with Crippen LogP contribution in [0.3, 0.4) is 0 Å². The molecule has 90 valence electrons. The molecule has 0 radical (unpaired) electrons. The van der Waals surface area contributed by atoms with E-state index in [9.17, 15) is 8.42 Å². The number of hydrogen-bond acceptors (Lipinski definition) is 4. The Bertz CT molecular complexity index is 474. The summed E-state index contributed by atoms with van der Waals surface area (Å²) in [4.78, 5) is 0. The summed E-state index contributed by atoms with van der Waals surface area (Å²) in [6.45, 7) is 3.64. The number of aryl methyl sites for hydroxylation is 1. The van der Waals surface area contributed by atoms with Gasteiger partial charge >= 0.3 is 0 Å². The molecular weight excluding hydrogens is 228 g/mol. The molecular formula is C9H16N4O2S. The van der Waals surface area contributed by atoms with Crippen molar-refractivity contribution in [3.8, 4) is 0 Å². The minimum atomic E-state index is -3.48. The Morgan fingerprint density at radius 1 is 1.44 bits per heavy atom. The normalized spacial score (nSPS) is 18.1. The third kappa shape index (κ3) is 1.80. The summed E-state index contributed by atoms with van der Waals surface area (Å²) in [7, 11) is -3.48. The number of sulfonamides is 1. The molecule has 1 saturated heterocycles. The molecule has 0 spiro atoms. The maximum atomic E-state index is 12.2. The molecule has 1 fully saturated rings. The maximum absolute atomic E-state index is 12.2. The lowest BCUT2D eigenvalue weighted by Crippen LogP contribution is -2.28. The minimum Gasteiger partial charge on any atom is -0.395 e. The summed E-state index contributed by atoms with van der Waals surface area (Å²) in [5.74, 6) is 0. The first kappa shape index (κ1) is 11.4. The molecule has 0 unspecified atom stereocenters. The summed E-state index contributed by atoms with van der Waals surface area (Å²) >= 11 is 0. The quantitative estimate of drug-likeness (QED) is 0.827. The lowest BCUT2D eigenvalue weighted by Gasteiger charge is -2.13. The van der Waals surface area contributed by atoms with Crippen molar-refractivity contribution >= 4 is 15.7 Å². The van der Waals surface area contributed by atoms with Crippen molar-refractivity contribution in [1.29, 1.82) is 0 Å². The van der Waals surface area contributed by atoms with E-state index in [1.165, 1.54) is 8.99 Å². The zero-order valence-corrected chi connectivity index (χ0v) is 10.1. The van der Waals surface area contributed by atoms with E-state index in [1.54, 1.807) is 6.20 Å². The molecule has 16 heavy (non-hydrogen) atoms. The molecule has 0 aromatic carbocycles. The van der Waals surface area contributed by atoms with Gasteiger partial charge in [-0.1, -0.05) is 0 Å². The Morgan fingerprint density at radius 3 is 2.56 bits per heavy atom. The van der Waals surface area contributed by atoms with Crippen LogP contribution >= 0.6 is 0 Å². The van der Waals surface area contributed by atoms with Gasteiger partial charge in [0.15, 0.2) is 0 Å². The molecule has 0 atom stereocenters. The number of aromatic nitrogens is 2. The van der Waals surface area contributed by atoms with Crippen LogP contribution in [0.1, 0.15) is 19.8 Å². The molecule has 0 saturated carbocycles. The third-order valence-electron chi connectivity index (χ3n) is 2.73. The number of rotatable bonds is 3. The average Bonchev–Trinajstić information content (AvgIpc) is 2.85. The maximum Gasteiger partial charge on any atom is 0.264 e. The van der Waals surface area contributed by atoms with Crippen LogP contribution in [0.5, 0.6) is 0 Å². The van der Waals surface area contributed by atoms with Crippen LogP contribution in [-0.2, 0) is 16.6 Å².